The summed E-state index contributed by atoms with van der Waals surface area (Å²) in [4.78, 5) is 18.7. The molecule has 0 atom stereocenters. The number of hydrogen-bond donors (Lipinski definition) is 0. The fourth-order valence-electron chi connectivity index (χ4n) is 3.39. The number of nitrogens with zero attached hydrogens (tertiary/aromatic N) is 5. The number of likely N-dealkylation sites (tertiary alicyclic amines) is 1. The predicted molar refractivity (Wildman–Crippen MR) is 89.7 cm³/mol. The number of hydrogen-bond acceptors (Lipinski definition) is 6. The molecule has 0 N–H and O–H groups in total. The molecule has 0 spiro atoms. The molecule has 0 bridgehead atoms. The van der Waals surface area contributed by atoms with Gasteiger partial charge in [-0.25, -0.2) is 4.79 Å². The van der Waals surface area contributed by atoms with Gasteiger partial charge in [0.2, 0.25) is 5.89 Å². The molecule has 25 heavy (non-hydrogen) atoms. The third-order valence-corrected chi connectivity index (χ3v) is 4.83. The molecule has 0 aliphatic carbocycles. The number of aromatic nitrogens is 2. The standard InChI is InChI=1S/C17H23N5O3/c23-17(21-6-2-1-3-7-21)22-10-8-20(9-11-22)13-15-18-19-16(25-15)14-5-4-12-24-14/h4-5,12H,1-3,6-11,13H2. The smallest absolute Gasteiger partial charge is 0.320 e. The van der Waals surface area contributed by atoms with E-state index in [9.17, 15) is 4.79 Å². The highest BCUT2D eigenvalue weighted by molar-refractivity contribution is 5.74. The minimum absolute atomic E-state index is 0.192. The number of carbonyl (C=O) groups is 1. The minimum atomic E-state index is 0.192. The van der Waals surface area contributed by atoms with Crippen molar-refractivity contribution in [3.05, 3.63) is 24.3 Å². The van der Waals surface area contributed by atoms with Crippen molar-refractivity contribution in [2.75, 3.05) is 39.3 Å². The van der Waals surface area contributed by atoms with Gasteiger partial charge >= 0.3 is 6.03 Å². The molecule has 8 heteroatoms. The van der Waals surface area contributed by atoms with E-state index >= 15 is 0 Å². The van der Waals surface area contributed by atoms with E-state index in [1.807, 2.05) is 9.80 Å². The van der Waals surface area contributed by atoms with Crippen molar-refractivity contribution in [3.8, 4) is 11.7 Å². The van der Waals surface area contributed by atoms with Crippen LogP contribution in [0.5, 0.6) is 0 Å². The van der Waals surface area contributed by atoms with Crippen molar-refractivity contribution in [3.63, 3.8) is 0 Å². The number of urea groups is 1. The van der Waals surface area contributed by atoms with Gasteiger partial charge in [0.1, 0.15) is 0 Å². The summed E-state index contributed by atoms with van der Waals surface area (Å²) in [7, 11) is 0. The molecule has 2 aliphatic heterocycles. The zero-order valence-corrected chi connectivity index (χ0v) is 14.3. The topological polar surface area (TPSA) is 78.9 Å². The Morgan fingerprint density at radius 1 is 1.00 bits per heavy atom. The number of piperazine rings is 1. The highest BCUT2D eigenvalue weighted by Gasteiger charge is 2.26. The van der Waals surface area contributed by atoms with Crippen molar-refractivity contribution in [2.24, 2.45) is 0 Å². The normalized spacial score (nSPS) is 19.4. The molecule has 2 aromatic rings. The van der Waals surface area contributed by atoms with Crippen LogP contribution in [0.2, 0.25) is 0 Å². The predicted octanol–water partition coefficient (Wildman–Crippen LogP) is 2.05. The number of amides is 2. The van der Waals surface area contributed by atoms with Crippen LogP contribution in [0.3, 0.4) is 0 Å². The van der Waals surface area contributed by atoms with Gasteiger partial charge in [0.25, 0.3) is 5.89 Å². The Kier molecular flexibility index (Phi) is 4.69. The van der Waals surface area contributed by atoms with Crippen molar-refractivity contribution >= 4 is 6.03 Å². The Labute approximate surface area is 146 Å². The van der Waals surface area contributed by atoms with Gasteiger partial charge in [-0.15, -0.1) is 10.2 Å². The second-order valence-corrected chi connectivity index (χ2v) is 6.57. The van der Waals surface area contributed by atoms with Gasteiger partial charge in [0, 0.05) is 39.3 Å². The summed E-state index contributed by atoms with van der Waals surface area (Å²) in [6.07, 6.45) is 5.07. The molecule has 134 valence electrons. The van der Waals surface area contributed by atoms with Crippen LogP contribution >= 0.6 is 0 Å². The first-order valence-corrected chi connectivity index (χ1v) is 8.92. The monoisotopic (exact) mass is 345 g/mol. The fourth-order valence-corrected chi connectivity index (χ4v) is 3.39. The largest absolute Gasteiger partial charge is 0.459 e. The minimum Gasteiger partial charge on any atom is -0.459 e. The lowest BCUT2D eigenvalue weighted by Gasteiger charge is -2.38. The van der Waals surface area contributed by atoms with Gasteiger partial charge in [-0.05, 0) is 31.4 Å². The third-order valence-electron chi connectivity index (χ3n) is 4.83. The maximum atomic E-state index is 12.5. The van der Waals surface area contributed by atoms with Crippen molar-refractivity contribution in [1.29, 1.82) is 0 Å². The average Bonchev–Trinajstić information content (AvgIpc) is 3.34. The quantitative estimate of drug-likeness (QED) is 0.847. The van der Waals surface area contributed by atoms with Gasteiger partial charge in [-0.3, -0.25) is 4.90 Å². The van der Waals surface area contributed by atoms with E-state index in [4.69, 9.17) is 8.83 Å². The van der Waals surface area contributed by atoms with E-state index in [1.165, 1.54) is 6.42 Å². The molecule has 0 saturated carbocycles. The molecule has 2 fully saturated rings. The van der Waals surface area contributed by atoms with E-state index < -0.39 is 0 Å². The molecule has 8 nitrogen and oxygen atoms in total. The van der Waals surface area contributed by atoms with E-state index in [2.05, 4.69) is 15.1 Å². The molecule has 4 rings (SSSR count). The first-order chi connectivity index (χ1) is 12.3. The summed E-state index contributed by atoms with van der Waals surface area (Å²) in [5, 5.41) is 8.11. The highest BCUT2D eigenvalue weighted by Crippen LogP contribution is 2.19. The van der Waals surface area contributed by atoms with Crippen LogP contribution in [0.4, 0.5) is 4.79 Å². The maximum Gasteiger partial charge on any atom is 0.320 e. The zero-order valence-electron chi connectivity index (χ0n) is 14.3. The Morgan fingerprint density at radius 3 is 2.48 bits per heavy atom. The van der Waals surface area contributed by atoms with E-state index in [1.54, 1.807) is 18.4 Å². The van der Waals surface area contributed by atoms with Crippen LogP contribution in [0.25, 0.3) is 11.7 Å². The molecule has 2 saturated heterocycles. The van der Waals surface area contributed by atoms with Crippen LogP contribution in [0.15, 0.2) is 27.2 Å². The summed E-state index contributed by atoms with van der Waals surface area (Å²) in [5.41, 5.74) is 0. The van der Waals surface area contributed by atoms with Crippen LogP contribution in [-0.2, 0) is 6.54 Å². The molecule has 0 aromatic carbocycles. The Hall–Kier alpha value is -2.35. The Balaban J connectivity index is 1.28. The van der Waals surface area contributed by atoms with E-state index in [0.717, 1.165) is 52.1 Å². The number of rotatable bonds is 3. The van der Waals surface area contributed by atoms with Crippen molar-refractivity contribution < 1.29 is 13.6 Å². The first-order valence-electron chi connectivity index (χ1n) is 8.92. The van der Waals surface area contributed by atoms with Gasteiger partial charge in [0.05, 0.1) is 12.8 Å². The fraction of sp³-hybridized carbons (Fsp3) is 0.588. The summed E-state index contributed by atoms with van der Waals surface area (Å²) in [6.45, 7) is 5.52. The lowest BCUT2D eigenvalue weighted by atomic mass is 10.1. The maximum absolute atomic E-state index is 12.5. The molecule has 0 unspecified atom stereocenters. The van der Waals surface area contributed by atoms with Crippen molar-refractivity contribution in [1.82, 2.24) is 24.9 Å². The Morgan fingerprint density at radius 2 is 1.76 bits per heavy atom. The summed E-state index contributed by atoms with van der Waals surface area (Å²) in [5.74, 6) is 1.55. The van der Waals surface area contributed by atoms with Gasteiger partial charge in [0.15, 0.2) is 5.76 Å². The Bertz CT molecular complexity index is 685. The molecule has 0 radical (unpaired) electrons. The molecule has 4 heterocycles. The summed E-state index contributed by atoms with van der Waals surface area (Å²) in [6, 6.07) is 3.78. The second-order valence-electron chi connectivity index (χ2n) is 6.57. The molecular weight excluding hydrogens is 322 g/mol. The molecule has 2 aromatic heterocycles. The van der Waals surface area contributed by atoms with Gasteiger partial charge in [-0.1, -0.05) is 0 Å². The lowest BCUT2D eigenvalue weighted by Crippen LogP contribution is -2.53. The van der Waals surface area contributed by atoms with Crippen LogP contribution in [0.1, 0.15) is 25.2 Å². The van der Waals surface area contributed by atoms with E-state index in [-0.39, 0.29) is 6.03 Å². The second kappa shape index (κ2) is 7.26. The highest BCUT2D eigenvalue weighted by atomic mass is 16.4. The van der Waals surface area contributed by atoms with Gasteiger partial charge in [-0.2, -0.15) is 0 Å². The first kappa shape index (κ1) is 16.1. The van der Waals surface area contributed by atoms with Crippen LogP contribution < -0.4 is 0 Å². The van der Waals surface area contributed by atoms with E-state index in [0.29, 0.717) is 24.1 Å². The number of carbonyl (C=O) groups excluding carboxylic acids is 1. The average molecular weight is 345 g/mol. The van der Waals surface area contributed by atoms with Crippen LogP contribution in [0, 0.1) is 0 Å². The van der Waals surface area contributed by atoms with Crippen molar-refractivity contribution in [2.45, 2.75) is 25.8 Å². The lowest BCUT2D eigenvalue weighted by molar-refractivity contribution is 0.101. The molecular formula is C17H23N5O3. The molecule has 2 amide bonds. The summed E-state index contributed by atoms with van der Waals surface area (Å²) < 4.78 is 10.9. The SMILES string of the molecule is O=C(N1CCCCC1)N1CCN(Cc2nnc(-c3ccco3)o2)CC1. The number of furan rings is 1. The zero-order chi connectivity index (χ0) is 17.1. The molecule has 2 aliphatic rings. The van der Waals surface area contributed by atoms with Crippen LogP contribution in [-0.4, -0.2) is 70.2 Å². The van der Waals surface area contributed by atoms with Gasteiger partial charge < -0.3 is 18.6 Å². The third kappa shape index (κ3) is 3.68. The summed E-state index contributed by atoms with van der Waals surface area (Å²) >= 11 is 0. The number of piperidine rings is 1.